The molecule has 1 aromatic carbocycles. The van der Waals surface area contributed by atoms with Crippen molar-refractivity contribution in [1.82, 2.24) is 4.98 Å². The summed E-state index contributed by atoms with van der Waals surface area (Å²) in [5.41, 5.74) is 5.16. The van der Waals surface area contributed by atoms with Crippen molar-refractivity contribution in [2.24, 2.45) is 9.50 Å². The van der Waals surface area contributed by atoms with Crippen LogP contribution in [0.1, 0.15) is 53.1 Å². The predicted molar refractivity (Wildman–Crippen MR) is 105 cm³/mol. The Morgan fingerprint density at radius 1 is 1.30 bits per heavy atom. The normalized spacial score (nSPS) is 17.6. The van der Waals surface area contributed by atoms with Gasteiger partial charge < -0.3 is 5.11 Å². The maximum atomic E-state index is 12.8. The molecule has 0 saturated carbocycles. The van der Waals surface area contributed by atoms with Crippen LogP contribution in [0.15, 0.2) is 20.8 Å². The Bertz CT molecular complexity index is 1060. The molecular weight excluding hydrogens is 382 g/mol. The van der Waals surface area contributed by atoms with Crippen LogP contribution in [0.3, 0.4) is 0 Å². The largest absolute Gasteiger partial charge is 0.383 e. The van der Waals surface area contributed by atoms with E-state index in [1.165, 1.54) is 28.5 Å². The lowest BCUT2D eigenvalue weighted by Crippen LogP contribution is -2.19. The summed E-state index contributed by atoms with van der Waals surface area (Å²) in [6.45, 7) is 3.17. The number of hydrogen-bond donors (Lipinski definition) is 2. The highest BCUT2D eigenvalue weighted by molar-refractivity contribution is 7.93. The van der Waals surface area contributed by atoms with E-state index in [-0.39, 0.29) is 10.6 Å². The molecule has 0 spiro atoms. The Labute approximate surface area is 163 Å². The number of nitrogens with two attached hydrogens (primary N) is 1. The summed E-state index contributed by atoms with van der Waals surface area (Å²) < 4.78 is 16.9. The van der Waals surface area contributed by atoms with Gasteiger partial charge in [-0.2, -0.15) is 0 Å². The molecule has 0 fully saturated rings. The first-order valence-electron chi connectivity index (χ1n) is 9.07. The van der Waals surface area contributed by atoms with Gasteiger partial charge in [0.1, 0.15) is 14.8 Å². The molecule has 0 saturated heterocycles. The summed E-state index contributed by atoms with van der Waals surface area (Å²) in [6, 6.07) is 2.29. The minimum absolute atomic E-state index is 0.150. The molecule has 1 heterocycles. The molecule has 1 aromatic heterocycles. The monoisotopic (exact) mass is 405 g/mol. The summed E-state index contributed by atoms with van der Waals surface area (Å²) >= 11 is 1.02. The number of hydrogen-bond acceptors (Lipinski definition) is 5. The van der Waals surface area contributed by atoms with E-state index in [2.05, 4.69) is 15.4 Å². The smallest absolute Gasteiger partial charge is 0.259 e. The number of amides is 1. The van der Waals surface area contributed by atoms with Gasteiger partial charge in [0.05, 0.1) is 12.6 Å². The Balaban J connectivity index is 1.63. The molecular formula is C19H23N3O3S2. The third kappa shape index (κ3) is 3.47. The number of carbonyl (C=O) groups excluding carboxylic acids is 1. The molecule has 0 aliphatic heterocycles. The number of rotatable bonds is 4. The van der Waals surface area contributed by atoms with E-state index in [0.29, 0.717) is 5.01 Å². The Kier molecular flexibility index (Phi) is 4.50. The highest BCUT2D eigenvalue weighted by atomic mass is 32.2. The van der Waals surface area contributed by atoms with E-state index in [1.807, 2.05) is 0 Å². The second-order valence-corrected chi connectivity index (χ2v) is 10.8. The number of aryl methyl sites for hydroxylation is 2. The fourth-order valence-electron chi connectivity index (χ4n) is 3.83. The zero-order valence-electron chi connectivity index (χ0n) is 15.4. The topological polar surface area (TPSA) is 106 Å². The Morgan fingerprint density at radius 2 is 2.00 bits per heavy atom. The second kappa shape index (κ2) is 6.48. The number of aliphatic hydroxyl groups is 1. The summed E-state index contributed by atoms with van der Waals surface area (Å²) in [7, 11) is -3.37. The van der Waals surface area contributed by atoms with E-state index >= 15 is 0 Å². The van der Waals surface area contributed by atoms with Gasteiger partial charge in [0.2, 0.25) is 0 Å². The summed E-state index contributed by atoms with van der Waals surface area (Å²) in [5.74, 6) is -0.463. The van der Waals surface area contributed by atoms with Crippen LogP contribution >= 0.6 is 11.3 Å². The van der Waals surface area contributed by atoms with Gasteiger partial charge >= 0.3 is 0 Å². The van der Waals surface area contributed by atoms with Crippen LogP contribution in [0.25, 0.3) is 0 Å². The van der Waals surface area contributed by atoms with Crippen molar-refractivity contribution in [2.45, 2.75) is 62.2 Å². The van der Waals surface area contributed by atoms with Crippen LogP contribution in [0.4, 0.5) is 0 Å². The predicted octanol–water partition coefficient (Wildman–Crippen LogP) is 2.43. The zero-order chi connectivity index (χ0) is 19.4. The van der Waals surface area contributed by atoms with Crippen LogP contribution in [-0.2, 0) is 52.4 Å². The third-order valence-corrected chi connectivity index (χ3v) is 8.46. The van der Waals surface area contributed by atoms with Crippen molar-refractivity contribution in [2.75, 3.05) is 0 Å². The van der Waals surface area contributed by atoms with Crippen LogP contribution < -0.4 is 5.14 Å². The number of thiazole rings is 1. The van der Waals surface area contributed by atoms with Crippen molar-refractivity contribution in [3.8, 4) is 0 Å². The van der Waals surface area contributed by atoms with Gasteiger partial charge in [0.15, 0.2) is 9.92 Å². The number of fused-ring (bicyclic) bond motifs is 2. The molecule has 8 heteroatoms. The third-order valence-electron chi connectivity index (χ3n) is 5.23. The lowest BCUT2D eigenvalue weighted by atomic mass is 9.80. The molecule has 0 radical (unpaired) electrons. The highest BCUT2D eigenvalue weighted by Crippen LogP contribution is 2.36. The number of aromatic nitrogens is 1. The van der Waals surface area contributed by atoms with Crippen LogP contribution in [-0.4, -0.2) is 20.2 Å². The molecule has 0 unspecified atom stereocenters. The first kappa shape index (κ1) is 18.7. The first-order valence-corrected chi connectivity index (χ1v) is 11.5. The van der Waals surface area contributed by atoms with Crippen molar-refractivity contribution >= 4 is 27.2 Å². The van der Waals surface area contributed by atoms with E-state index in [4.69, 9.17) is 5.14 Å². The molecule has 2 aliphatic carbocycles. The van der Waals surface area contributed by atoms with E-state index < -0.39 is 21.4 Å². The first-order chi connectivity index (χ1) is 12.6. The molecule has 6 nitrogen and oxygen atoms in total. The fourth-order valence-corrected chi connectivity index (χ4v) is 5.97. The van der Waals surface area contributed by atoms with Gasteiger partial charge in [-0.15, -0.1) is 15.7 Å². The van der Waals surface area contributed by atoms with Gasteiger partial charge in [0, 0.05) is 0 Å². The van der Waals surface area contributed by atoms with Crippen LogP contribution in [0, 0.1) is 0 Å². The highest BCUT2D eigenvalue weighted by Gasteiger charge is 2.27. The van der Waals surface area contributed by atoms with Crippen molar-refractivity contribution in [3.05, 3.63) is 45.1 Å². The van der Waals surface area contributed by atoms with Crippen molar-refractivity contribution in [3.63, 3.8) is 0 Å². The van der Waals surface area contributed by atoms with Gasteiger partial charge in [0.25, 0.3) is 5.91 Å². The van der Waals surface area contributed by atoms with Crippen LogP contribution in [0.5, 0.6) is 0 Å². The molecule has 1 amide bonds. The van der Waals surface area contributed by atoms with Gasteiger partial charge in [-0.05, 0) is 73.8 Å². The molecule has 0 bridgehead atoms. The van der Waals surface area contributed by atoms with Crippen LogP contribution in [0.2, 0.25) is 0 Å². The lowest BCUT2D eigenvalue weighted by Gasteiger charge is -2.25. The van der Waals surface area contributed by atoms with Crippen molar-refractivity contribution < 1.29 is 14.1 Å². The second-order valence-electron chi connectivity index (χ2n) is 7.76. The van der Waals surface area contributed by atoms with Gasteiger partial charge in [-0.3, -0.25) is 4.79 Å². The average molecular weight is 406 g/mol. The molecule has 2 aromatic rings. The summed E-state index contributed by atoms with van der Waals surface area (Å²) in [6.07, 6.45) is 6.72. The standard InChI is InChI=1S/C19H23N3O3S2/c1-19(2,24)18-21-10-17(26-18)27(20,25)22-16(23)9-15-13-5-3-4-11(13)8-12-6-7-14(12)15/h8,10,24H,3-7,9H2,1-2H3,(H2,20,22,23,25)/t27-/m0/s1. The number of benzene rings is 1. The van der Waals surface area contributed by atoms with E-state index in [1.54, 1.807) is 13.8 Å². The van der Waals surface area contributed by atoms with E-state index in [9.17, 15) is 14.1 Å². The van der Waals surface area contributed by atoms with Gasteiger partial charge in [-0.1, -0.05) is 6.07 Å². The SMILES string of the molecule is CC(C)(O)c1ncc([S@@](N)(=O)=NC(=O)Cc2c3c(cc4c2CC4)CCC3)s1. The molecule has 4 rings (SSSR count). The zero-order valence-corrected chi connectivity index (χ0v) is 17.1. The maximum Gasteiger partial charge on any atom is 0.259 e. The van der Waals surface area contributed by atoms with Gasteiger partial charge in [-0.25, -0.2) is 14.3 Å². The Hall–Kier alpha value is -1.61. The Morgan fingerprint density at radius 3 is 2.63 bits per heavy atom. The quantitative estimate of drug-likeness (QED) is 0.815. The fraction of sp³-hybridized carbons (Fsp3) is 0.474. The van der Waals surface area contributed by atoms with E-state index in [0.717, 1.165) is 49.0 Å². The summed E-state index contributed by atoms with van der Waals surface area (Å²) in [5, 5.41) is 16.3. The average Bonchev–Trinajstić information content (AvgIpc) is 3.18. The molecule has 144 valence electrons. The molecule has 27 heavy (non-hydrogen) atoms. The summed E-state index contributed by atoms with van der Waals surface area (Å²) in [4.78, 5) is 16.7. The molecule has 1 atom stereocenters. The van der Waals surface area contributed by atoms with Crippen molar-refractivity contribution in [1.29, 1.82) is 0 Å². The molecule has 3 N–H and O–H groups in total. The number of carbonyl (C=O) groups is 1. The maximum absolute atomic E-state index is 12.8. The minimum Gasteiger partial charge on any atom is -0.383 e. The molecule has 2 aliphatic rings. The lowest BCUT2D eigenvalue weighted by molar-refractivity contribution is -0.117. The minimum atomic E-state index is -3.37. The number of nitrogens with zero attached hydrogens (tertiary/aromatic N) is 2.